The van der Waals surface area contributed by atoms with Crippen LogP contribution in [0.4, 0.5) is 0 Å². The molecule has 0 atom stereocenters. The molecule has 0 radical (unpaired) electrons. The van der Waals surface area contributed by atoms with Crippen LogP contribution in [0.25, 0.3) is 22.2 Å². The van der Waals surface area contributed by atoms with Crippen LogP contribution in [-0.2, 0) is 5.75 Å². The normalized spacial score (nSPS) is 10.8. The molecule has 136 valence electrons. The number of aromatic nitrogens is 2. The second-order valence-corrected chi connectivity index (χ2v) is 7.76. The lowest BCUT2D eigenvalue weighted by atomic mass is 10.00. The average Bonchev–Trinajstić information content (AvgIpc) is 2.72. The third-order valence-electron chi connectivity index (χ3n) is 4.64. The van der Waals surface area contributed by atoms with Gasteiger partial charge in [-0.25, -0.2) is 9.97 Å². The molecule has 0 N–H and O–H groups in total. The van der Waals surface area contributed by atoms with Gasteiger partial charge in [0.05, 0.1) is 22.8 Å². The van der Waals surface area contributed by atoms with Gasteiger partial charge in [-0.3, -0.25) is 0 Å². The van der Waals surface area contributed by atoms with Gasteiger partial charge in [-0.15, -0.1) is 11.8 Å². The van der Waals surface area contributed by atoms with E-state index in [1.54, 1.807) is 0 Å². The molecule has 0 saturated carbocycles. The minimum atomic E-state index is 0.663. The van der Waals surface area contributed by atoms with Crippen molar-refractivity contribution in [2.24, 2.45) is 0 Å². The van der Waals surface area contributed by atoms with Gasteiger partial charge in [0.15, 0.2) is 0 Å². The highest BCUT2D eigenvalue weighted by Gasteiger charge is 2.12. The quantitative estimate of drug-likeness (QED) is 0.402. The Kier molecular flexibility index (Phi) is 5.10. The first-order valence-corrected chi connectivity index (χ1v) is 10.1. The summed E-state index contributed by atoms with van der Waals surface area (Å²) in [5, 5.41) is 10.2. The smallest absolute Gasteiger partial charge is 0.126 e. The SMILES string of the molecule is Cc1nc(-c2ccc(C#N)cc2C)c2ccc(SCc3ccccc3)cc2n1. The first-order valence-electron chi connectivity index (χ1n) is 9.10. The van der Waals surface area contributed by atoms with Crippen LogP contribution in [0, 0.1) is 25.2 Å². The van der Waals surface area contributed by atoms with Crippen LogP contribution >= 0.6 is 11.8 Å². The maximum Gasteiger partial charge on any atom is 0.126 e. The first kappa shape index (κ1) is 18.2. The number of nitriles is 1. The van der Waals surface area contributed by atoms with Crippen molar-refractivity contribution in [3.63, 3.8) is 0 Å². The molecular formula is C24H19N3S. The van der Waals surface area contributed by atoms with Gasteiger partial charge >= 0.3 is 0 Å². The van der Waals surface area contributed by atoms with Gasteiger partial charge in [0, 0.05) is 21.6 Å². The predicted octanol–water partition coefficient (Wildman–Crippen LogP) is 6.08. The van der Waals surface area contributed by atoms with E-state index in [1.807, 2.05) is 49.9 Å². The van der Waals surface area contributed by atoms with Crippen molar-refractivity contribution in [2.45, 2.75) is 24.5 Å². The Labute approximate surface area is 169 Å². The fourth-order valence-corrected chi connectivity index (χ4v) is 4.15. The van der Waals surface area contributed by atoms with E-state index in [1.165, 1.54) is 10.5 Å². The van der Waals surface area contributed by atoms with Crippen molar-refractivity contribution < 1.29 is 0 Å². The average molecular weight is 382 g/mol. The molecule has 0 amide bonds. The number of thioether (sulfide) groups is 1. The van der Waals surface area contributed by atoms with Crippen LogP contribution in [0.3, 0.4) is 0 Å². The van der Waals surface area contributed by atoms with E-state index in [-0.39, 0.29) is 0 Å². The van der Waals surface area contributed by atoms with Gasteiger partial charge in [-0.2, -0.15) is 5.26 Å². The van der Waals surface area contributed by atoms with Gasteiger partial charge in [-0.05, 0) is 55.3 Å². The van der Waals surface area contributed by atoms with Gasteiger partial charge in [-0.1, -0.05) is 36.4 Å². The zero-order valence-electron chi connectivity index (χ0n) is 15.8. The lowest BCUT2D eigenvalue weighted by Gasteiger charge is -2.11. The molecule has 3 aromatic carbocycles. The Morgan fingerprint density at radius 3 is 2.50 bits per heavy atom. The first-order chi connectivity index (χ1) is 13.6. The number of hydrogen-bond donors (Lipinski definition) is 0. The van der Waals surface area contributed by atoms with Crippen molar-refractivity contribution >= 4 is 22.7 Å². The van der Waals surface area contributed by atoms with E-state index in [0.717, 1.165) is 39.3 Å². The number of benzene rings is 3. The summed E-state index contributed by atoms with van der Waals surface area (Å²) in [5.74, 6) is 1.68. The minimum Gasteiger partial charge on any atom is -0.233 e. The zero-order valence-corrected chi connectivity index (χ0v) is 16.6. The summed E-state index contributed by atoms with van der Waals surface area (Å²) in [6.45, 7) is 3.94. The van der Waals surface area contributed by atoms with E-state index in [9.17, 15) is 0 Å². The number of fused-ring (bicyclic) bond motifs is 1. The molecule has 3 nitrogen and oxygen atoms in total. The Balaban J connectivity index is 1.72. The molecule has 1 heterocycles. The maximum atomic E-state index is 9.12. The molecule has 0 aliphatic carbocycles. The monoisotopic (exact) mass is 381 g/mol. The second-order valence-electron chi connectivity index (χ2n) is 6.71. The Bertz CT molecular complexity index is 1190. The number of hydrogen-bond acceptors (Lipinski definition) is 4. The Morgan fingerprint density at radius 1 is 0.929 bits per heavy atom. The van der Waals surface area contributed by atoms with Crippen LogP contribution in [0.2, 0.25) is 0 Å². The van der Waals surface area contributed by atoms with E-state index in [0.29, 0.717) is 5.56 Å². The minimum absolute atomic E-state index is 0.663. The van der Waals surface area contributed by atoms with Crippen LogP contribution in [-0.4, -0.2) is 9.97 Å². The largest absolute Gasteiger partial charge is 0.233 e. The summed E-state index contributed by atoms with van der Waals surface area (Å²) >= 11 is 1.81. The van der Waals surface area contributed by atoms with Gasteiger partial charge in [0.25, 0.3) is 0 Å². The Hall–Kier alpha value is -3.16. The van der Waals surface area contributed by atoms with Crippen molar-refractivity contribution in [1.29, 1.82) is 5.26 Å². The molecule has 4 aromatic rings. The summed E-state index contributed by atoms with van der Waals surface area (Å²) < 4.78 is 0. The highest BCUT2D eigenvalue weighted by molar-refractivity contribution is 7.98. The Morgan fingerprint density at radius 2 is 1.75 bits per heavy atom. The number of nitrogens with zero attached hydrogens (tertiary/aromatic N) is 3. The molecule has 0 aliphatic rings. The highest BCUT2D eigenvalue weighted by Crippen LogP contribution is 2.32. The van der Waals surface area contributed by atoms with E-state index < -0.39 is 0 Å². The van der Waals surface area contributed by atoms with Crippen molar-refractivity contribution in [2.75, 3.05) is 0 Å². The number of aryl methyl sites for hydroxylation is 2. The highest BCUT2D eigenvalue weighted by atomic mass is 32.2. The van der Waals surface area contributed by atoms with Gasteiger partial charge < -0.3 is 0 Å². The van der Waals surface area contributed by atoms with Crippen LogP contribution in [0.1, 0.15) is 22.5 Å². The molecule has 0 fully saturated rings. The molecule has 4 rings (SSSR count). The molecule has 0 aliphatic heterocycles. The van der Waals surface area contributed by atoms with E-state index in [2.05, 4.69) is 53.5 Å². The summed E-state index contributed by atoms with van der Waals surface area (Å²) in [4.78, 5) is 10.6. The molecule has 0 saturated heterocycles. The van der Waals surface area contributed by atoms with Crippen molar-refractivity contribution in [1.82, 2.24) is 9.97 Å². The second kappa shape index (κ2) is 7.84. The molecular weight excluding hydrogens is 362 g/mol. The van der Waals surface area contributed by atoms with Crippen LogP contribution in [0.5, 0.6) is 0 Å². The predicted molar refractivity (Wildman–Crippen MR) is 115 cm³/mol. The molecule has 0 spiro atoms. The molecule has 28 heavy (non-hydrogen) atoms. The summed E-state index contributed by atoms with van der Waals surface area (Å²) in [5.41, 5.74) is 5.92. The lowest BCUT2D eigenvalue weighted by molar-refractivity contribution is 1.09. The molecule has 0 bridgehead atoms. The van der Waals surface area contributed by atoms with E-state index >= 15 is 0 Å². The molecule has 4 heteroatoms. The van der Waals surface area contributed by atoms with Crippen molar-refractivity contribution in [3.05, 3.63) is 89.2 Å². The lowest BCUT2D eigenvalue weighted by Crippen LogP contribution is -1.96. The van der Waals surface area contributed by atoms with Gasteiger partial charge in [0.2, 0.25) is 0 Å². The standard InChI is InChI=1S/C24H19N3S/c1-16-12-19(14-25)8-10-21(16)24-22-11-9-20(13-23(22)26-17(2)27-24)28-15-18-6-4-3-5-7-18/h3-13H,15H2,1-2H3. The third-order valence-corrected chi connectivity index (χ3v) is 5.70. The summed E-state index contributed by atoms with van der Waals surface area (Å²) in [7, 11) is 0. The summed E-state index contributed by atoms with van der Waals surface area (Å²) in [6, 6.07) is 24.8. The molecule has 1 aromatic heterocycles. The summed E-state index contributed by atoms with van der Waals surface area (Å²) in [6.07, 6.45) is 0. The topological polar surface area (TPSA) is 49.6 Å². The third kappa shape index (κ3) is 3.76. The van der Waals surface area contributed by atoms with Crippen molar-refractivity contribution in [3.8, 4) is 17.3 Å². The fraction of sp³-hybridized carbons (Fsp3) is 0.125. The van der Waals surface area contributed by atoms with E-state index in [4.69, 9.17) is 10.2 Å². The van der Waals surface area contributed by atoms with Crippen LogP contribution < -0.4 is 0 Å². The fourth-order valence-electron chi connectivity index (χ4n) is 3.26. The maximum absolute atomic E-state index is 9.12. The van der Waals surface area contributed by atoms with Crippen LogP contribution in [0.15, 0.2) is 71.6 Å². The van der Waals surface area contributed by atoms with Gasteiger partial charge in [0.1, 0.15) is 5.82 Å². The molecule has 0 unspecified atom stereocenters. The number of rotatable bonds is 4. The zero-order chi connectivity index (χ0) is 19.5.